The molecule has 1 N–H and O–H groups in total. The molecule has 3 nitrogen and oxygen atoms in total. The largest absolute Gasteiger partial charge is 1.00 e. The van der Waals surface area contributed by atoms with Crippen molar-refractivity contribution >= 4 is 11.6 Å². The van der Waals surface area contributed by atoms with E-state index in [2.05, 4.69) is 29.6 Å². The predicted molar refractivity (Wildman–Crippen MR) is 91.0 cm³/mol. The van der Waals surface area contributed by atoms with Gasteiger partial charge in [-0.25, -0.2) is 0 Å². The summed E-state index contributed by atoms with van der Waals surface area (Å²) in [6.45, 7) is 4.18. The first kappa shape index (κ1) is 19.6. The van der Waals surface area contributed by atoms with Gasteiger partial charge in [0.1, 0.15) is 0 Å². The summed E-state index contributed by atoms with van der Waals surface area (Å²) in [5.74, 6) is 1.29. The highest BCUT2D eigenvalue weighted by atomic mass is 35.5. The van der Waals surface area contributed by atoms with Gasteiger partial charge in [0.2, 0.25) is 0 Å². The quantitative estimate of drug-likeness (QED) is 0.719. The lowest BCUT2D eigenvalue weighted by molar-refractivity contribution is -0.00000520. The van der Waals surface area contributed by atoms with Crippen LogP contribution in [0.3, 0.4) is 0 Å². The molecule has 0 aliphatic rings. The van der Waals surface area contributed by atoms with E-state index in [1.165, 1.54) is 5.56 Å². The molecule has 0 aliphatic heterocycles. The molecule has 0 heterocycles. The third-order valence-electron chi connectivity index (χ3n) is 3.34. The number of benzene rings is 2. The van der Waals surface area contributed by atoms with Crippen LogP contribution in [0.5, 0.6) is 11.5 Å². The SMILES string of the molecule is CCOc1cc(CNCCc2ccccc2)cc(Cl)c1OC.[Cl-]. The van der Waals surface area contributed by atoms with Crippen LogP contribution in [0.2, 0.25) is 5.02 Å². The van der Waals surface area contributed by atoms with Crippen molar-refractivity contribution in [3.8, 4) is 11.5 Å². The van der Waals surface area contributed by atoms with Crippen LogP contribution in [0, 0.1) is 0 Å². The maximum Gasteiger partial charge on any atom is 0.179 e. The van der Waals surface area contributed by atoms with E-state index in [1.807, 2.05) is 25.1 Å². The van der Waals surface area contributed by atoms with E-state index in [4.69, 9.17) is 21.1 Å². The summed E-state index contributed by atoms with van der Waals surface area (Å²) in [5.41, 5.74) is 2.42. The normalized spacial score (nSPS) is 10.0. The van der Waals surface area contributed by atoms with Crippen LogP contribution >= 0.6 is 11.6 Å². The first-order valence-electron chi connectivity index (χ1n) is 7.48. The summed E-state index contributed by atoms with van der Waals surface area (Å²) in [6, 6.07) is 14.3. The highest BCUT2D eigenvalue weighted by Crippen LogP contribution is 2.36. The van der Waals surface area contributed by atoms with Gasteiger partial charge in [-0.1, -0.05) is 41.9 Å². The summed E-state index contributed by atoms with van der Waals surface area (Å²) in [6.07, 6.45) is 1.00. The van der Waals surface area contributed by atoms with Gasteiger partial charge in [0.25, 0.3) is 0 Å². The third-order valence-corrected chi connectivity index (χ3v) is 3.62. The lowest BCUT2D eigenvalue weighted by Crippen LogP contribution is -3.00. The molecule has 0 aromatic heterocycles. The van der Waals surface area contributed by atoms with Crippen molar-refractivity contribution in [2.45, 2.75) is 19.9 Å². The van der Waals surface area contributed by atoms with Crippen LogP contribution < -0.4 is 27.2 Å². The predicted octanol–water partition coefficient (Wildman–Crippen LogP) is 1.08. The first-order chi connectivity index (χ1) is 10.7. The average Bonchev–Trinajstić information content (AvgIpc) is 2.53. The van der Waals surface area contributed by atoms with E-state index >= 15 is 0 Å². The standard InChI is InChI=1S/C18H22ClNO2.ClH/c1-3-22-17-12-15(11-16(19)18(17)21-2)13-20-10-9-14-7-5-4-6-8-14;/h4-8,11-12,20H,3,9-10,13H2,1-2H3;1H/p-1. The van der Waals surface area contributed by atoms with Crippen molar-refractivity contribution in [2.24, 2.45) is 0 Å². The maximum absolute atomic E-state index is 6.25. The van der Waals surface area contributed by atoms with E-state index in [9.17, 15) is 0 Å². The van der Waals surface area contributed by atoms with Crippen LogP contribution in [0.1, 0.15) is 18.1 Å². The van der Waals surface area contributed by atoms with Gasteiger partial charge in [-0.15, -0.1) is 0 Å². The van der Waals surface area contributed by atoms with Gasteiger partial charge in [-0.3, -0.25) is 0 Å². The molecule has 0 atom stereocenters. The zero-order valence-electron chi connectivity index (χ0n) is 13.4. The monoisotopic (exact) mass is 354 g/mol. The fourth-order valence-corrected chi connectivity index (χ4v) is 2.61. The molecule has 0 aliphatic carbocycles. The molecular formula is C18H22Cl2NO2-. The molecule has 0 saturated heterocycles. The number of rotatable bonds is 8. The summed E-state index contributed by atoms with van der Waals surface area (Å²) in [4.78, 5) is 0. The Bertz CT molecular complexity index is 591. The molecule has 2 aromatic rings. The first-order valence-corrected chi connectivity index (χ1v) is 7.86. The lowest BCUT2D eigenvalue weighted by Gasteiger charge is -2.13. The van der Waals surface area contributed by atoms with Crippen LogP contribution in [0.4, 0.5) is 0 Å². The Morgan fingerprint density at radius 2 is 1.83 bits per heavy atom. The van der Waals surface area contributed by atoms with Crippen LogP contribution in [-0.2, 0) is 13.0 Å². The van der Waals surface area contributed by atoms with Gasteiger partial charge in [0, 0.05) is 6.54 Å². The van der Waals surface area contributed by atoms with Crippen molar-refractivity contribution in [1.82, 2.24) is 5.32 Å². The molecule has 2 rings (SSSR count). The molecule has 0 bridgehead atoms. The molecular weight excluding hydrogens is 333 g/mol. The molecule has 0 radical (unpaired) electrons. The van der Waals surface area contributed by atoms with Gasteiger partial charge in [0.05, 0.1) is 18.7 Å². The van der Waals surface area contributed by atoms with E-state index in [0.717, 1.165) is 25.1 Å². The highest BCUT2D eigenvalue weighted by Gasteiger charge is 2.11. The number of ether oxygens (including phenoxy) is 2. The van der Waals surface area contributed by atoms with Crippen molar-refractivity contribution in [3.63, 3.8) is 0 Å². The molecule has 0 fully saturated rings. The second-order valence-electron chi connectivity index (χ2n) is 4.95. The van der Waals surface area contributed by atoms with E-state index in [0.29, 0.717) is 23.1 Å². The Hall–Kier alpha value is -1.42. The van der Waals surface area contributed by atoms with Crippen molar-refractivity contribution in [3.05, 3.63) is 58.6 Å². The molecule has 0 amide bonds. The minimum absolute atomic E-state index is 0. The Labute approximate surface area is 149 Å². The van der Waals surface area contributed by atoms with Crippen molar-refractivity contribution in [2.75, 3.05) is 20.3 Å². The molecule has 2 aromatic carbocycles. The molecule has 126 valence electrons. The Morgan fingerprint density at radius 1 is 1.09 bits per heavy atom. The number of hydrogen-bond donors (Lipinski definition) is 1. The van der Waals surface area contributed by atoms with E-state index in [1.54, 1.807) is 7.11 Å². The van der Waals surface area contributed by atoms with Gasteiger partial charge in [-0.05, 0) is 43.1 Å². The third kappa shape index (κ3) is 5.94. The van der Waals surface area contributed by atoms with Crippen molar-refractivity contribution in [1.29, 1.82) is 0 Å². The minimum atomic E-state index is 0. The fourth-order valence-electron chi connectivity index (χ4n) is 2.29. The van der Waals surface area contributed by atoms with E-state index in [-0.39, 0.29) is 12.4 Å². The zero-order chi connectivity index (χ0) is 15.8. The Morgan fingerprint density at radius 3 is 2.48 bits per heavy atom. The van der Waals surface area contributed by atoms with Crippen LogP contribution in [-0.4, -0.2) is 20.3 Å². The summed E-state index contributed by atoms with van der Waals surface area (Å²) < 4.78 is 10.9. The highest BCUT2D eigenvalue weighted by molar-refractivity contribution is 6.32. The molecule has 0 spiro atoms. The maximum atomic E-state index is 6.25. The van der Waals surface area contributed by atoms with Gasteiger partial charge in [-0.2, -0.15) is 0 Å². The fraction of sp³-hybridized carbons (Fsp3) is 0.333. The Balaban J connectivity index is 0.00000264. The van der Waals surface area contributed by atoms with Gasteiger partial charge in [0.15, 0.2) is 11.5 Å². The molecule has 23 heavy (non-hydrogen) atoms. The van der Waals surface area contributed by atoms with Crippen LogP contribution in [0.25, 0.3) is 0 Å². The van der Waals surface area contributed by atoms with Gasteiger partial charge >= 0.3 is 0 Å². The summed E-state index contributed by atoms with van der Waals surface area (Å²) in [7, 11) is 1.60. The number of halogens is 2. The molecule has 0 unspecified atom stereocenters. The zero-order valence-corrected chi connectivity index (χ0v) is 15.0. The van der Waals surface area contributed by atoms with Crippen LogP contribution in [0.15, 0.2) is 42.5 Å². The number of nitrogens with one attached hydrogen (secondary N) is 1. The number of methoxy groups -OCH3 is 1. The smallest absolute Gasteiger partial charge is 0.179 e. The number of hydrogen-bond acceptors (Lipinski definition) is 3. The summed E-state index contributed by atoms with van der Waals surface area (Å²) >= 11 is 6.25. The summed E-state index contributed by atoms with van der Waals surface area (Å²) in [5, 5.41) is 4.01. The minimum Gasteiger partial charge on any atom is -1.00 e. The molecule has 0 saturated carbocycles. The lowest BCUT2D eigenvalue weighted by atomic mass is 10.1. The average molecular weight is 355 g/mol. The molecule has 5 heteroatoms. The van der Waals surface area contributed by atoms with Crippen molar-refractivity contribution < 1.29 is 21.9 Å². The second-order valence-corrected chi connectivity index (χ2v) is 5.36. The van der Waals surface area contributed by atoms with E-state index < -0.39 is 0 Å². The Kier molecular flexibility index (Phi) is 8.85. The second kappa shape index (κ2) is 10.4. The van der Waals surface area contributed by atoms with Gasteiger partial charge < -0.3 is 27.2 Å². The topological polar surface area (TPSA) is 30.5 Å².